The number of nitrogens with zero attached hydrogens (tertiary/aromatic N) is 3. The van der Waals surface area contributed by atoms with Crippen molar-refractivity contribution in [2.75, 3.05) is 19.6 Å². The van der Waals surface area contributed by atoms with E-state index in [4.69, 9.17) is 0 Å². The van der Waals surface area contributed by atoms with Crippen LogP contribution in [0.4, 0.5) is 17.6 Å². The molecule has 0 unspecified atom stereocenters. The maximum Gasteiger partial charge on any atom is 0.391 e. The van der Waals surface area contributed by atoms with Crippen LogP contribution in [0.15, 0.2) is 41.8 Å². The summed E-state index contributed by atoms with van der Waals surface area (Å²) in [5.74, 6) is -1.71. The van der Waals surface area contributed by atoms with Crippen LogP contribution in [0.5, 0.6) is 0 Å². The van der Waals surface area contributed by atoms with E-state index in [1.165, 1.54) is 29.0 Å². The standard InChI is InChI=1S/C22H28F4N4O2S/c1-29-13-21(28-14-29)33(31,32)30-11-19(16-4-8-18(23)9-5-16)20(12-30)27-10-15-2-6-17(7-3-15)22(24,25)26/h4-5,8-9,13-15,17,19-20,27H,2-3,6-7,10-12H2,1H3/t15?,17?,19-,20+/m1/s1. The molecule has 1 aromatic carbocycles. The molecule has 1 aromatic heterocycles. The summed E-state index contributed by atoms with van der Waals surface area (Å²) in [5.41, 5.74) is 0.813. The first-order chi connectivity index (χ1) is 15.5. The summed E-state index contributed by atoms with van der Waals surface area (Å²) in [4.78, 5) is 3.98. The number of sulfonamides is 1. The molecular weight excluding hydrogens is 460 g/mol. The van der Waals surface area contributed by atoms with Gasteiger partial charge in [-0.1, -0.05) is 12.1 Å². The zero-order chi connectivity index (χ0) is 23.8. The van der Waals surface area contributed by atoms with Crippen LogP contribution in [0.3, 0.4) is 0 Å². The topological polar surface area (TPSA) is 67.2 Å². The summed E-state index contributed by atoms with van der Waals surface area (Å²) in [6, 6.07) is 5.76. The molecule has 1 saturated carbocycles. The van der Waals surface area contributed by atoms with Crippen molar-refractivity contribution in [1.29, 1.82) is 0 Å². The molecule has 1 N–H and O–H groups in total. The molecule has 2 aliphatic rings. The fourth-order valence-electron chi connectivity index (χ4n) is 4.88. The lowest BCUT2D eigenvalue weighted by Crippen LogP contribution is -2.40. The summed E-state index contributed by atoms with van der Waals surface area (Å²) in [5, 5.41) is 3.39. The van der Waals surface area contributed by atoms with Gasteiger partial charge in [-0.2, -0.15) is 17.5 Å². The molecule has 182 valence electrons. The van der Waals surface area contributed by atoms with Crippen molar-refractivity contribution in [2.45, 2.75) is 48.8 Å². The first-order valence-electron chi connectivity index (χ1n) is 11.1. The van der Waals surface area contributed by atoms with Gasteiger partial charge in [0.15, 0.2) is 5.03 Å². The highest BCUT2D eigenvalue weighted by molar-refractivity contribution is 7.89. The first-order valence-corrected chi connectivity index (χ1v) is 12.5. The third-order valence-corrected chi connectivity index (χ3v) is 8.57. The van der Waals surface area contributed by atoms with Gasteiger partial charge >= 0.3 is 6.18 Å². The second-order valence-electron chi connectivity index (χ2n) is 9.13. The Labute approximate surface area is 191 Å². The van der Waals surface area contributed by atoms with Crippen LogP contribution in [0.1, 0.15) is 37.2 Å². The highest BCUT2D eigenvalue weighted by Crippen LogP contribution is 2.39. The van der Waals surface area contributed by atoms with Crippen molar-refractivity contribution in [3.8, 4) is 0 Å². The summed E-state index contributed by atoms with van der Waals surface area (Å²) >= 11 is 0. The van der Waals surface area contributed by atoms with Crippen LogP contribution < -0.4 is 5.32 Å². The number of nitrogens with one attached hydrogen (secondary N) is 1. The molecule has 33 heavy (non-hydrogen) atoms. The molecule has 2 atom stereocenters. The van der Waals surface area contributed by atoms with Crippen LogP contribution in [0, 0.1) is 17.7 Å². The number of imidazole rings is 1. The normalized spacial score (nSPS) is 27.2. The van der Waals surface area contributed by atoms with Gasteiger partial charge in [-0.15, -0.1) is 0 Å². The molecule has 2 heterocycles. The quantitative estimate of drug-likeness (QED) is 0.630. The molecular formula is C22H28F4N4O2S. The Bertz CT molecular complexity index is 1050. The molecule has 0 amide bonds. The predicted octanol–water partition coefficient (Wildman–Crippen LogP) is 3.67. The Morgan fingerprint density at radius 1 is 1.09 bits per heavy atom. The Kier molecular flexibility index (Phi) is 6.84. The van der Waals surface area contributed by atoms with Gasteiger partial charge in [-0.05, 0) is 55.8 Å². The number of alkyl halides is 3. The molecule has 0 bridgehead atoms. The average molecular weight is 489 g/mol. The third-order valence-electron chi connectivity index (χ3n) is 6.85. The van der Waals surface area contributed by atoms with Gasteiger partial charge in [0, 0.05) is 38.3 Å². The maximum absolute atomic E-state index is 13.5. The number of hydrogen-bond donors (Lipinski definition) is 1. The average Bonchev–Trinajstić information content (AvgIpc) is 3.40. The molecule has 4 rings (SSSR count). The van der Waals surface area contributed by atoms with Crippen molar-refractivity contribution in [3.63, 3.8) is 0 Å². The van der Waals surface area contributed by atoms with E-state index >= 15 is 0 Å². The van der Waals surface area contributed by atoms with E-state index in [1.807, 2.05) is 0 Å². The number of aromatic nitrogens is 2. The van der Waals surface area contributed by atoms with E-state index in [9.17, 15) is 26.0 Å². The van der Waals surface area contributed by atoms with Crippen molar-refractivity contribution >= 4 is 10.0 Å². The minimum absolute atomic E-state index is 0.0334. The number of hydrogen-bond acceptors (Lipinski definition) is 4. The molecule has 1 aliphatic carbocycles. The number of aryl methyl sites for hydroxylation is 1. The Balaban J connectivity index is 1.46. The molecule has 0 spiro atoms. The third kappa shape index (κ3) is 5.41. The van der Waals surface area contributed by atoms with Crippen molar-refractivity contribution < 1.29 is 26.0 Å². The first kappa shape index (κ1) is 24.2. The van der Waals surface area contributed by atoms with E-state index in [1.54, 1.807) is 23.7 Å². The number of rotatable bonds is 6. The van der Waals surface area contributed by atoms with E-state index in [2.05, 4.69) is 10.3 Å². The molecule has 11 heteroatoms. The molecule has 1 aliphatic heterocycles. The second-order valence-corrected chi connectivity index (χ2v) is 11.0. The van der Waals surface area contributed by atoms with Gasteiger partial charge in [-0.25, -0.2) is 17.8 Å². The lowest BCUT2D eigenvalue weighted by Gasteiger charge is -2.31. The fraction of sp³-hybridized carbons (Fsp3) is 0.591. The zero-order valence-electron chi connectivity index (χ0n) is 18.3. The van der Waals surface area contributed by atoms with Crippen molar-refractivity contribution in [3.05, 3.63) is 48.2 Å². The summed E-state index contributed by atoms with van der Waals surface area (Å²) in [7, 11) is -2.11. The highest BCUT2D eigenvalue weighted by atomic mass is 32.2. The summed E-state index contributed by atoms with van der Waals surface area (Å²) in [6.07, 6.45) is -0.0420. The predicted molar refractivity (Wildman–Crippen MR) is 114 cm³/mol. The highest BCUT2D eigenvalue weighted by Gasteiger charge is 2.43. The van der Waals surface area contributed by atoms with Gasteiger partial charge in [-0.3, -0.25) is 0 Å². The zero-order valence-corrected chi connectivity index (χ0v) is 19.1. The molecule has 2 aromatic rings. The number of benzene rings is 1. The summed E-state index contributed by atoms with van der Waals surface area (Å²) < 4.78 is 81.5. The smallest absolute Gasteiger partial charge is 0.339 e. The van der Waals surface area contributed by atoms with E-state index in [0.29, 0.717) is 19.4 Å². The van der Waals surface area contributed by atoms with E-state index < -0.39 is 22.1 Å². The van der Waals surface area contributed by atoms with Crippen LogP contribution in [-0.2, 0) is 17.1 Å². The van der Waals surface area contributed by atoms with Crippen LogP contribution in [0.25, 0.3) is 0 Å². The Morgan fingerprint density at radius 2 is 1.76 bits per heavy atom. The molecule has 6 nitrogen and oxygen atoms in total. The van der Waals surface area contributed by atoms with Crippen LogP contribution >= 0.6 is 0 Å². The number of halogens is 4. The van der Waals surface area contributed by atoms with Gasteiger partial charge in [0.25, 0.3) is 10.0 Å². The Morgan fingerprint density at radius 3 is 2.33 bits per heavy atom. The van der Waals surface area contributed by atoms with Gasteiger partial charge in [0.05, 0.1) is 12.2 Å². The SMILES string of the molecule is Cn1cnc(S(=O)(=O)N2C[C@H](NCC3CCC(C(F)(F)F)CC3)[C@@H](c3ccc(F)cc3)C2)c1. The molecule has 2 fully saturated rings. The Hall–Kier alpha value is -1.98. The van der Waals surface area contributed by atoms with Crippen LogP contribution in [-0.4, -0.2) is 54.1 Å². The summed E-state index contributed by atoms with van der Waals surface area (Å²) in [6.45, 7) is 0.937. The van der Waals surface area contributed by atoms with E-state index in [0.717, 1.165) is 5.56 Å². The van der Waals surface area contributed by atoms with Gasteiger partial charge in [0.1, 0.15) is 5.82 Å². The maximum atomic E-state index is 13.5. The van der Waals surface area contributed by atoms with Crippen LogP contribution in [0.2, 0.25) is 0 Å². The van der Waals surface area contributed by atoms with Gasteiger partial charge < -0.3 is 9.88 Å². The monoisotopic (exact) mass is 488 g/mol. The van der Waals surface area contributed by atoms with E-state index in [-0.39, 0.29) is 54.7 Å². The largest absolute Gasteiger partial charge is 0.391 e. The fourth-order valence-corrected chi connectivity index (χ4v) is 6.34. The van der Waals surface area contributed by atoms with Crippen molar-refractivity contribution in [1.82, 2.24) is 19.2 Å². The molecule has 1 saturated heterocycles. The lowest BCUT2D eigenvalue weighted by molar-refractivity contribution is -0.183. The minimum atomic E-state index is -4.14. The van der Waals surface area contributed by atoms with Gasteiger partial charge in [0.2, 0.25) is 0 Å². The second kappa shape index (κ2) is 9.34. The minimum Gasteiger partial charge on any atom is -0.339 e. The van der Waals surface area contributed by atoms with Crippen molar-refractivity contribution in [2.24, 2.45) is 18.9 Å². The molecule has 0 radical (unpaired) electrons. The lowest BCUT2D eigenvalue weighted by atomic mass is 9.81.